The summed E-state index contributed by atoms with van der Waals surface area (Å²) in [6.45, 7) is 1.84. The summed E-state index contributed by atoms with van der Waals surface area (Å²) in [5, 5.41) is 7.22. The Hall–Kier alpha value is -2.82. The fraction of sp³-hybridized carbons (Fsp3) is 0.125. The van der Waals surface area contributed by atoms with Crippen LogP contribution in [0.25, 0.3) is 11.5 Å². The van der Waals surface area contributed by atoms with Crippen molar-refractivity contribution < 1.29 is 4.79 Å². The first-order valence-electron chi connectivity index (χ1n) is 6.73. The third-order valence-electron chi connectivity index (χ3n) is 3.34. The monoisotopic (exact) mass is 280 g/mol. The molecule has 5 heteroatoms. The number of rotatable bonds is 3. The summed E-state index contributed by atoms with van der Waals surface area (Å²) < 4.78 is 3.69. The lowest BCUT2D eigenvalue weighted by molar-refractivity contribution is 0.0962. The van der Waals surface area contributed by atoms with Gasteiger partial charge < -0.3 is 9.88 Å². The van der Waals surface area contributed by atoms with Gasteiger partial charge in [-0.3, -0.25) is 4.79 Å². The van der Waals surface area contributed by atoms with Gasteiger partial charge in [-0.1, -0.05) is 18.2 Å². The van der Waals surface area contributed by atoms with Crippen molar-refractivity contribution in [1.82, 2.24) is 19.7 Å². The molecule has 0 saturated heterocycles. The Balaban J connectivity index is 2.29. The summed E-state index contributed by atoms with van der Waals surface area (Å²) in [5.74, 6) is 0.599. The lowest BCUT2D eigenvalue weighted by atomic mass is 10.2. The summed E-state index contributed by atoms with van der Waals surface area (Å²) >= 11 is 0. The Morgan fingerprint density at radius 2 is 1.76 bits per heavy atom. The lowest BCUT2D eigenvalue weighted by Gasteiger charge is -2.10. The van der Waals surface area contributed by atoms with Crippen molar-refractivity contribution in [3.05, 3.63) is 66.1 Å². The third kappa shape index (κ3) is 2.23. The highest BCUT2D eigenvalue weighted by Gasteiger charge is 2.22. The summed E-state index contributed by atoms with van der Waals surface area (Å²) in [7, 11) is 1.63. The van der Waals surface area contributed by atoms with Crippen LogP contribution in [0.5, 0.6) is 0 Å². The molecule has 0 aliphatic rings. The molecule has 0 fully saturated rings. The van der Waals surface area contributed by atoms with Crippen molar-refractivity contribution in [3.63, 3.8) is 0 Å². The van der Waals surface area contributed by atoms with Crippen LogP contribution < -0.4 is 5.32 Å². The van der Waals surface area contributed by atoms with Gasteiger partial charge >= 0.3 is 0 Å². The molecular weight excluding hydrogens is 264 g/mol. The minimum Gasteiger partial charge on any atom is -0.355 e. The molecule has 5 nitrogen and oxygen atoms in total. The van der Waals surface area contributed by atoms with Gasteiger partial charge in [0.1, 0.15) is 5.56 Å². The van der Waals surface area contributed by atoms with E-state index in [1.807, 2.05) is 66.3 Å². The van der Waals surface area contributed by atoms with E-state index in [9.17, 15) is 4.79 Å². The largest absolute Gasteiger partial charge is 0.355 e. The van der Waals surface area contributed by atoms with Crippen LogP contribution >= 0.6 is 0 Å². The first-order valence-corrected chi connectivity index (χ1v) is 6.73. The molecule has 1 N–H and O–H groups in total. The van der Waals surface area contributed by atoms with E-state index in [1.165, 1.54) is 0 Å². The zero-order chi connectivity index (χ0) is 14.8. The Kier molecular flexibility index (Phi) is 3.31. The molecule has 0 bridgehead atoms. The number of carbonyl (C=O) groups is 1. The van der Waals surface area contributed by atoms with E-state index in [-0.39, 0.29) is 5.91 Å². The van der Waals surface area contributed by atoms with E-state index < -0.39 is 0 Å². The van der Waals surface area contributed by atoms with Crippen LogP contribution in [0, 0.1) is 6.92 Å². The molecule has 0 saturated carbocycles. The quantitative estimate of drug-likeness (QED) is 0.800. The summed E-state index contributed by atoms with van der Waals surface area (Å²) in [6.07, 6.45) is 3.81. The van der Waals surface area contributed by atoms with E-state index in [4.69, 9.17) is 0 Å². The number of benzene rings is 1. The second-order valence-corrected chi connectivity index (χ2v) is 4.70. The lowest BCUT2D eigenvalue weighted by Crippen LogP contribution is -2.20. The molecule has 0 unspecified atom stereocenters. The molecule has 2 heterocycles. The van der Waals surface area contributed by atoms with Crippen LogP contribution in [0.4, 0.5) is 0 Å². The van der Waals surface area contributed by atoms with Crippen molar-refractivity contribution in [2.45, 2.75) is 6.92 Å². The number of aromatic nitrogens is 3. The Morgan fingerprint density at radius 1 is 1.10 bits per heavy atom. The van der Waals surface area contributed by atoms with Crippen molar-refractivity contribution >= 4 is 5.91 Å². The van der Waals surface area contributed by atoms with Gasteiger partial charge in [0.05, 0.1) is 11.4 Å². The first kappa shape index (κ1) is 13.2. The van der Waals surface area contributed by atoms with Gasteiger partial charge in [0.2, 0.25) is 0 Å². The highest BCUT2D eigenvalue weighted by Crippen LogP contribution is 2.22. The second-order valence-electron chi connectivity index (χ2n) is 4.70. The summed E-state index contributed by atoms with van der Waals surface area (Å²) in [5.41, 5.74) is 2.19. The second kappa shape index (κ2) is 5.28. The average molecular weight is 280 g/mol. The molecule has 0 aliphatic carbocycles. The first-order chi connectivity index (χ1) is 10.2. The molecule has 0 aliphatic heterocycles. The standard InChI is InChI=1S/C16H16N4O/c1-12-14(15(21)17-2)16(19-10-6-7-11-19)20(18-12)13-8-4-3-5-9-13/h3-11H,1-2H3,(H,17,21). The van der Waals surface area contributed by atoms with Crippen LogP contribution in [0.3, 0.4) is 0 Å². The molecule has 1 aromatic carbocycles. The predicted octanol–water partition coefficient (Wildman–Crippen LogP) is 2.33. The smallest absolute Gasteiger partial charge is 0.256 e. The number of carbonyl (C=O) groups excluding carboxylic acids is 1. The minimum atomic E-state index is -0.140. The van der Waals surface area contributed by atoms with Gasteiger partial charge in [0, 0.05) is 19.4 Å². The third-order valence-corrected chi connectivity index (χ3v) is 3.34. The highest BCUT2D eigenvalue weighted by atomic mass is 16.1. The SMILES string of the molecule is CNC(=O)c1c(C)nn(-c2ccccc2)c1-n1cccc1. The number of aryl methyl sites for hydroxylation is 1. The molecule has 21 heavy (non-hydrogen) atoms. The van der Waals surface area contributed by atoms with Crippen molar-refractivity contribution in [3.8, 4) is 11.5 Å². The average Bonchev–Trinajstić information content (AvgIpc) is 3.14. The highest BCUT2D eigenvalue weighted by molar-refractivity contribution is 5.98. The molecule has 0 spiro atoms. The van der Waals surface area contributed by atoms with Gasteiger partial charge in [-0.2, -0.15) is 5.10 Å². The molecule has 0 atom stereocenters. The van der Waals surface area contributed by atoms with Crippen LogP contribution in [0.2, 0.25) is 0 Å². The number of nitrogens with one attached hydrogen (secondary N) is 1. The number of hydrogen-bond acceptors (Lipinski definition) is 2. The fourth-order valence-electron chi connectivity index (χ4n) is 2.37. The Labute approximate surface area is 122 Å². The van der Waals surface area contributed by atoms with Crippen molar-refractivity contribution in [2.75, 3.05) is 7.05 Å². The van der Waals surface area contributed by atoms with E-state index in [1.54, 1.807) is 11.7 Å². The predicted molar refractivity (Wildman–Crippen MR) is 81.0 cm³/mol. The molecule has 0 radical (unpaired) electrons. The van der Waals surface area contributed by atoms with Crippen molar-refractivity contribution in [1.29, 1.82) is 0 Å². The minimum absolute atomic E-state index is 0.140. The van der Waals surface area contributed by atoms with Crippen LogP contribution in [-0.4, -0.2) is 27.3 Å². The molecule has 1 amide bonds. The number of nitrogens with zero attached hydrogens (tertiary/aromatic N) is 3. The Morgan fingerprint density at radius 3 is 2.38 bits per heavy atom. The van der Waals surface area contributed by atoms with E-state index in [0.717, 1.165) is 11.5 Å². The summed E-state index contributed by atoms with van der Waals surface area (Å²) in [6, 6.07) is 13.6. The van der Waals surface area contributed by atoms with Crippen LogP contribution in [0.15, 0.2) is 54.9 Å². The fourth-order valence-corrected chi connectivity index (χ4v) is 2.37. The van der Waals surface area contributed by atoms with Gasteiger partial charge in [-0.15, -0.1) is 0 Å². The maximum absolute atomic E-state index is 12.2. The molecule has 3 aromatic rings. The zero-order valence-electron chi connectivity index (χ0n) is 11.9. The van der Waals surface area contributed by atoms with Gasteiger partial charge in [-0.05, 0) is 31.2 Å². The molecule has 3 rings (SSSR count). The normalized spacial score (nSPS) is 10.6. The molecular formula is C16H16N4O. The number of amides is 1. The molecule has 2 aromatic heterocycles. The van der Waals surface area contributed by atoms with E-state index >= 15 is 0 Å². The Bertz CT molecular complexity index is 757. The topological polar surface area (TPSA) is 51.9 Å². The van der Waals surface area contributed by atoms with Gasteiger partial charge in [0.15, 0.2) is 5.82 Å². The maximum Gasteiger partial charge on any atom is 0.256 e. The summed E-state index contributed by atoms with van der Waals surface area (Å²) in [4.78, 5) is 12.2. The maximum atomic E-state index is 12.2. The number of hydrogen-bond donors (Lipinski definition) is 1. The van der Waals surface area contributed by atoms with E-state index in [0.29, 0.717) is 11.3 Å². The zero-order valence-corrected chi connectivity index (χ0v) is 11.9. The van der Waals surface area contributed by atoms with Crippen LogP contribution in [-0.2, 0) is 0 Å². The number of para-hydroxylation sites is 1. The van der Waals surface area contributed by atoms with Crippen LogP contribution in [0.1, 0.15) is 16.1 Å². The van der Waals surface area contributed by atoms with Gasteiger partial charge in [0.25, 0.3) is 5.91 Å². The van der Waals surface area contributed by atoms with E-state index in [2.05, 4.69) is 10.4 Å². The van der Waals surface area contributed by atoms with Crippen molar-refractivity contribution in [2.24, 2.45) is 0 Å². The van der Waals surface area contributed by atoms with Gasteiger partial charge in [-0.25, -0.2) is 4.68 Å². The molecule has 106 valence electrons.